The summed E-state index contributed by atoms with van der Waals surface area (Å²) in [7, 11) is 0. The quantitative estimate of drug-likeness (QED) is 0.828. The molecule has 92 valence electrons. The molecular formula is C12H16ClN3S. The topological polar surface area (TPSA) is 41.3 Å². The molecule has 17 heavy (non-hydrogen) atoms. The molecule has 0 aliphatic carbocycles. The third-order valence-corrected chi connectivity index (χ3v) is 3.34. The minimum atomic E-state index is 0.368. The van der Waals surface area contributed by atoms with Crippen LogP contribution in [0.5, 0.6) is 0 Å². The predicted molar refractivity (Wildman–Crippen MR) is 76.4 cm³/mol. The van der Waals surface area contributed by atoms with Gasteiger partial charge in [-0.3, -0.25) is 0 Å². The number of benzene rings is 1. The van der Waals surface area contributed by atoms with E-state index >= 15 is 0 Å². The Morgan fingerprint density at radius 2 is 2.00 bits per heavy atom. The number of anilines is 1. The Bertz CT molecular complexity index is 416. The Hall–Kier alpha value is -0.840. The second-order valence-electron chi connectivity index (χ2n) is 4.21. The number of nitrogens with zero attached hydrogens (tertiary/aromatic N) is 1. The zero-order valence-corrected chi connectivity index (χ0v) is 11.2. The van der Waals surface area contributed by atoms with Gasteiger partial charge < -0.3 is 11.2 Å². The molecule has 5 heteroatoms. The molecule has 0 amide bonds. The van der Waals surface area contributed by atoms with Gasteiger partial charge in [0.1, 0.15) is 4.99 Å². The molecule has 1 fully saturated rings. The van der Waals surface area contributed by atoms with Crippen LogP contribution in [0.4, 0.5) is 5.69 Å². The maximum absolute atomic E-state index is 5.95. The number of rotatable bonds is 3. The van der Waals surface area contributed by atoms with Crippen molar-refractivity contribution >= 4 is 34.5 Å². The van der Waals surface area contributed by atoms with Crippen molar-refractivity contribution in [3.8, 4) is 0 Å². The first-order valence-corrected chi connectivity index (χ1v) is 6.56. The summed E-state index contributed by atoms with van der Waals surface area (Å²) in [6.45, 7) is 2.11. The molecule has 0 bridgehead atoms. The molecule has 1 saturated heterocycles. The number of piperidine rings is 1. The highest BCUT2D eigenvalue weighted by Crippen LogP contribution is 2.22. The summed E-state index contributed by atoms with van der Waals surface area (Å²) in [5.74, 6) is 0. The van der Waals surface area contributed by atoms with Crippen LogP contribution in [0.15, 0.2) is 18.2 Å². The van der Waals surface area contributed by atoms with Crippen molar-refractivity contribution in [2.24, 2.45) is 5.73 Å². The third-order valence-electron chi connectivity index (χ3n) is 2.88. The number of hydrazine groups is 1. The standard InChI is InChI=1S/C12H16ClN3S/c13-9-4-5-11(10(8-9)12(14)17)15-16-6-2-1-3-7-16/h4-5,8,15H,1-3,6-7H2,(H2,14,17). The van der Waals surface area contributed by atoms with Crippen molar-refractivity contribution in [2.45, 2.75) is 19.3 Å². The van der Waals surface area contributed by atoms with Crippen LogP contribution in [-0.4, -0.2) is 23.1 Å². The zero-order valence-electron chi connectivity index (χ0n) is 9.58. The Morgan fingerprint density at radius 1 is 1.29 bits per heavy atom. The molecule has 0 aromatic heterocycles. The van der Waals surface area contributed by atoms with Gasteiger partial charge in [-0.05, 0) is 31.0 Å². The van der Waals surface area contributed by atoms with Crippen LogP contribution in [0.1, 0.15) is 24.8 Å². The maximum atomic E-state index is 5.95. The first-order chi connectivity index (χ1) is 8.16. The highest BCUT2D eigenvalue weighted by molar-refractivity contribution is 7.80. The van der Waals surface area contributed by atoms with Crippen LogP contribution in [0.25, 0.3) is 0 Å². The monoisotopic (exact) mass is 269 g/mol. The molecule has 1 aromatic carbocycles. The largest absolute Gasteiger partial charge is 0.389 e. The van der Waals surface area contributed by atoms with E-state index in [1.165, 1.54) is 19.3 Å². The Labute approximate surface area is 112 Å². The molecule has 1 heterocycles. The lowest BCUT2D eigenvalue weighted by atomic mass is 10.1. The second-order valence-corrected chi connectivity index (χ2v) is 5.09. The lowest BCUT2D eigenvalue weighted by molar-refractivity contribution is 0.273. The summed E-state index contributed by atoms with van der Waals surface area (Å²) in [6, 6.07) is 5.57. The van der Waals surface area contributed by atoms with Gasteiger partial charge in [0.15, 0.2) is 0 Å². The number of thiocarbonyl (C=S) groups is 1. The molecule has 3 N–H and O–H groups in total. The highest BCUT2D eigenvalue weighted by atomic mass is 35.5. The molecule has 0 saturated carbocycles. The van der Waals surface area contributed by atoms with Gasteiger partial charge >= 0.3 is 0 Å². The van der Waals surface area contributed by atoms with Gasteiger partial charge in [0.05, 0.1) is 5.69 Å². The Morgan fingerprint density at radius 3 is 2.65 bits per heavy atom. The average Bonchev–Trinajstić information content (AvgIpc) is 2.32. The minimum Gasteiger partial charge on any atom is -0.389 e. The predicted octanol–water partition coefficient (Wildman–Crippen LogP) is 2.79. The van der Waals surface area contributed by atoms with Crippen molar-refractivity contribution in [1.29, 1.82) is 0 Å². The molecule has 0 spiro atoms. The van der Waals surface area contributed by atoms with Crippen molar-refractivity contribution in [1.82, 2.24) is 5.01 Å². The Balaban J connectivity index is 2.16. The van der Waals surface area contributed by atoms with E-state index in [4.69, 9.17) is 29.6 Å². The van der Waals surface area contributed by atoms with E-state index in [9.17, 15) is 0 Å². The summed E-state index contributed by atoms with van der Waals surface area (Å²) in [5, 5.41) is 2.85. The van der Waals surface area contributed by atoms with E-state index in [1.54, 1.807) is 6.07 Å². The van der Waals surface area contributed by atoms with Gasteiger partial charge in [-0.15, -0.1) is 0 Å². The second kappa shape index (κ2) is 5.67. The van der Waals surface area contributed by atoms with E-state index in [0.717, 1.165) is 24.3 Å². The van der Waals surface area contributed by atoms with E-state index in [-0.39, 0.29) is 0 Å². The van der Waals surface area contributed by atoms with Crippen LogP contribution >= 0.6 is 23.8 Å². The Kier molecular flexibility index (Phi) is 4.20. The number of hydrogen-bond donors (Lipinski definition) is 2. The number of nitrogens with two attached hydrogens (primary N) is 1. The third kappa shape index (κ3) is 3.31. The van der Waals surface area contributed by atoms with E-state index in [1.807, 2.05) is 12.1 Å². The molecule has 0 atom stereocenters. The summed E-state index contributed by atoms with van der Waals surface area (Å²) >= 11 is 11.0. The molecular weight excluding hydrogens is 254 g/mol. The lowest BCUT2D eigenvalue weighted by Crippen LogP contribution is -2.35. The summed E-state index contributed by atoms with van der Waals surface area (Å²) in [5.41, 5.74) is 10.8. The molecule has 1 aliphatic rings. The summed E-state index contributed by atoms with van der Waals surface area (Å²) in [4.78, 5) is 0.368. The maximum Gasteiger partial charge on any atom is 0.106 e. The van der Waals surface area contributed by atoms with Crippen molar-refractivity contribution in [3.05, 3.63) is 28.8 Å². The fourth-order valence-corrected chi connectivity index (χ4v) is 2.33. The fraction of sp³-hybridized carbons (Fsp3) is 0.417. The number of halogens is 1. The van der Waals surface area contributed by atoms with Crippen molar-refractivity contribution in [2.75, 3.05) is 18.5 Å². The summed E-state index contributed by atoms with van der Waals surface area (Å²) in [6.07, 6.45) is 3.76. The van der Waals surface area contributed by atoms with Gasteiger partial charge in [0.25, 0.3) is 0 Å². The molecule has 3 nitrogen and oxygen atoms in total. The first-order valence-electron chi connectivity index (χ1n) is 5.78. The van der Waals surface area contributed by atoms with Gasteiger partial charge in [0, 0.05) is 23.7 Å². The van der Waals surface area contributed by atoms with Crippen LogP contribution < -0.4 is 11.2 Å². The van der Waals surface area contributed by atoms with E-state index in [0.29, 0.717) is 10.0 Å². The molecule has 0 unspecified atom stereocenters. The fourth-order valence-electron chi connectivity index (χ4n) is 1.99. The van der Waals surface area contributed by atoms with Crippen LogP contribution in [0.3, 0.4) is 0 Å². The van der Waals surface area contributed by atoms with Gasteiger partial charge in [-0.1, -0.05) is 30.2 Å². The van der Waals surface area contributed by atoms with Gasteiger partial charge in [-0.2, -0.15) is 0 Å². The number of nitrogens with one attached hydrogen (secondary N) is 1. The van der Waals surface area contributed by atoms with Crippen molar-refractivity contribution in [3.63, 3.8) is 0 Å². The van der Waals surface area contributed by atoms with Crippen molar-refractivity contribution < 1.29 is 0 Å². The first kappa shape index (κ1) is 12.6. The van der Waals surface area contributed by atoms with E-state index in [2.05, 4.69) is 10.4 Å². The van der Waals surface area contributed by atoms with Gasteiger partial charge in [-0.25, -0.2) is 5.01 Å². The SMILES string of the molecule is NC(=S)c1cc(Cl)ccc1NN1CCCCC1. The number of hydrogen-bond acceptors (Lipinski definition) is 3. The molecule has 1 aromatic rings. The smallest absolute Gasteiger partial charge is 0.106 e. The molecule has 0 radical (unpaired) electrons. The van der Waals surface area contributed by atoms with E-state index < -0.39 is 0 Å². The normalized spacial score (nSPS) is 16.8. The molecule has 2 rings (SSSR count). The summed E-state index contributed by atoms with van der Waals surface area (Å²) < 4.78 is 0. The highest BCUT2D eigenvalue weighted by Gasteiger charge is 2.12. The zero-order chi connectivity index (χ0) is 12.3. The van der Waals surface area contributed by atoms with Crippen LogP contribution in [0, 0.1) is 0 Å². The van der Waals surface area contributed by atoms with Gasteiger partial charge in [0.2, 0.25) is 0 Å². The van der Waals surface area contributed by atoms with Crippen LogP contribution in [0.2, 0.25) is 5.02 Å². The average molecular weight is 270 g/mol. The lowest BCUT2D eigenvalue weighted by Gasteiger charge is -2.28. The van der Waals surface area contributed by atoms with Crippen LogP contribution in [-0.2, 0) is 0 Å². The molecule has 1 aliphatic heterocycles. The minimum absolute atomic E-state index is 0.368.